The summed E-state index contributed by atoms with van der Waals surface area (Å²) < 4.78 is 12.4. The number of aliphatic hydroxyl groups excluding tert-OH is 1. The van der Waals surface area contributed by atoms with Crippen molar-refractivity contribution >= 4 is 23.5 Å². The second-order valence-corrected chi connectivity index (χ2v) is 11.6. The number of hydrogen-bond donors (Lipinski definition) is 1. The molecule has 7 atom stereocenters. The lowest BCUT2D eigenvalue weighted by atomic mass is 9.62. The summed E-state index contributed by atoms with van der Waals surface area (Å²) in [6.45, 7) is 17.2. The van der Waals surface area contributed by atoms with Crippen molar-refractivity contribution in [1.82, 2.24) is 4.90 Å². The molecule has 3 fully saturated rings. The number of benzene rings is 1. The van der Waals surface area contributed by atoms with Crippen LogP contribution in [0.2, 0.25) is 0 Å². The van der Waals surface area contributed by atoms with Crippen LogP contribution >= 0.6 is 0 Å². The summed E-state index contributed by atoms with van der Waals surface area (Å²) in [5.41, 5.74) is 0.469. The van der Waals surface area contributed by atoms with Crippen molar-refractivity contribution < 1.29 is 29.0 Å². The summed E-state index contributed by atoms with van der Waals surface area (Å²) in [6.07, 6.45) is 5.22. The van der Waals surface area contributed by atoms with Gasteiger partial charge in [-0.15, -0.1) is 13.2 Å². The number of aryl methyl sites for hydroxylation is 2. The highest BCUT2D eigenvalue weighted by molar-refractivity contribution is 6.05. The molecule has 3 heterocycles. The van der Waals surface area contributed by atoms with E-state index in [2.05, 4.69) is 13.2 Å². The summed E-state index contributed by atoms with van der Waals surface area (Å²) in [5, 5.41) is 10.2. The lowest BCUT2D eigenvalue weighted by molar-refractivity contribution is -0.162. The van der Waals surface area contributed by atoms with Crippen LogP contribution in [0, 0.1) is 31.6 Å². The number of carbonyl (C=O) groups excluding carboxylic acids is 3. The Morgan fingerprint density at radius 1 is 1.31 bits per heavy atom. The first-order valence-electron chi connectivity index (χ1n) is 13.9. The predicted molar refractivity (Wildman–Crippen MR) is 149 cm³/mol. The van der Waals surface area contributed by atoms with E-state index in [-0.39, 0.29) is 37.5 Å². The Morgan fingerprint density at radius 2 is 2.03 bits per heavy atom. The molecule has 0 aromatic heterocycles. The van der Waals surface area contributed by atoms with Gasteiger partial charge >= 0.3 is 5.97 Å². The molecule has 4 rings (SSSR count). The van der Waals surface area contributed by atoms with E-state index in [0.717, 1.165) is 16.8 Å². The summed E-state index contributed by atoms with van der Waals surface area (Å²) >= 11 is 0. The van der Waals surface area contributed by atoms with Gasteiger partial charge in [0.25, 0.3) is 5.91 Å². The van der Waals surface area contributed by atoms with Crippen molar-refractivity contribution in [1.29, 1.82) is 0 Å². The number of allylic oxidation sites excluding steroid dienone is 1. The molecule has 0 radical (unpaired) electrons. The van der Waals surface area contributed by atoms with E-state index in [1.54, 1.807) is 24.0 Å². The van der Waals surface area contributed by atoms with E-state index in [0.29, 0.717) is 19.3 Å². The highest BCUT2D eigenvalue weighted by Gasteiger charge is 2.80. The fraction of sp³-hybridized carbons (Fsp3) is 0.581. The summed E-state index contributed by atoms with van der Waals surface area (Å²) in [7, 11) is 0. The SMILES string of the molecule is C=CCCCOC(=O)[C@@H]1[C@H]2C(=O)N([C@H](C)CO)C(C(=O)N(CC=C)c3cc(C)ccc3C)C23CC(C)[C@@]1(C)O3. The molecule has 0 saturated carbocycles. The van der Waals surface area contributed by atoms with E-state index in [1.165, 1.54) is 4.90 Å². The molecular formula is C31H42N2O6. The van der Waals surface area contributed by atoms with Crippen LogP contribution in [0.15, 0.2) is 43.5 Å². The van der Waals surface area contributed by atoms with Crippen LogP contribution in [0.25, 0.3) is 0 Å². The Balaban J connectivity index is 1.81. The largest absolute Gasteiger partial charge is 0.465 e. The number of unbranched alkanes of at least 4 members (excludes halogenated alkanes) is 1. The molecule has 3 unspecified atom stereocenters. The third-order valence-electron chi connectivity index (χ3n) is 9.01. The van der Waals surface area contributed by atoms with E-state index in [4.69, 9.17) is 9.47 Å². The van der Waals surface area contributed by atoms with Gasteiger partial charge in [0.05, 0.1) is 30.8 Å². The molecule has 1 spiro atoms. The number of nitrogens with zero attached hydrogens (tertiary/aromatic N) is 2. The number of ether oxygens (including phenoxy) is 2. The fourth-order valence-electron chi connectivity index (χ4n) is 6.96. The molecule has 212 valence electrons. The molecular weight excluding hydrogens is 496 g/mol. The van der Waals surface area contributed by atoms with Gasteiger partial charge in [0.1, 0.15) is 17.6 Å². The Labute approximate surface area is 231 Å². The van der Waals surface area contributed by atoms with Crippen LogP contribution in [0.1, 0.15) is 51.2 Å². The molecule has 1 aromatic carbocycles. The lowest BCUT2D eigenvalue weighted by Gasteiger charge is -2.39. The van der Waals surface area contributed by atoms with Crippen LogP contribution in [0.3, 0.4) is 0 Å². The van der Waals surface area contributed by atoms with Crippen molar-refractivity contribution in [3.63, 3.8) is 0 Å². The first-order chi connectivity index (χ1) is 18.5. The molecule has 39 heavy (non-hydrogen) atoms. The Morgan fingerprint density at radius 3 is 2.67 bits per heavy atom. The lowest BCUT2D eigenvalue weighted by Crippen LogP contribution is -2.58. The number of likely N-dealkylation sites (tertiary alicyclic amines) is 1. The van der Waals surface area contributed by atoms with Gasteiger partial charge < -0.3 is 24.4 Å². The van der Waals surface area contributed by atoms with E-state index < -0.39 is 41.1 Å². The smallest absolute Gasteiger partial charge is 0.312 e. The van der Waals surface area contributed by atoms with Gasteiger partial charge in [-0.2, -0.15) is 0 Å². The van der Waals surface area contributed by atoms with Crippen LogP contribution in [0.5, 0.6) is 0 Å². The molecule has 0 aliphatic carbocycles. The van der Waals surface area contributed by atoms with Gasteiger partial charge in [-0.1, -0.05) is 31.2 Å². The third kappa shape index (κ3) is 4.51. The maximum Gasteiger partial charge on any atom is 0.312 e. The van der Waals surface area contributed by atoms with Crippen LogP contribution in [-0.4, -0.2) is 70.8 Å². The van der Waals surface area contributed by atoms with Crippen LogP contribution in [-0.2, 0) is 23.9 Å². The average Bonchev–Trinajstić information content (AvgIpc) is 3.42. The van der Waals surface area contributed by atoms with E-state index in [1.807, 2.05) is 45.9 Å². The zero-order valence-electron chi connectivity index (χ0n) is 23.8. The first-order valence-corrected chi connectivity index (χ1v) is 13.9. The zero-order valence-corrected chi connectivity index (χ0v) is 23.8. The molecule has 3 aliphatic rings. The second-order valence-electron chi connectivity index (χ2n) is 11.6. The predicted octanol–water partition coefficient (Wildman–Crippen LogP) is 3.72. The van der Waals surface area contributed by atoms with Crippen LogP contribution in [0.4, 0.5) is 5.69 Å². The standard InChI is InChI=1S/C31H42N2O6/c1-8-10-11-15-38-29(37)25-24-27(35)33(22(6)18-34)26(31(24)17-21(5)30(25,7)39-31)28(36)32(14-9-2)23-16-19(3)12-13-20(23)4/h8-9,12-13,16,21-22,24-26,34H,1-2,10-11,14-15,17-18H2,3-7H3/t21?,22-,24+,25+,26?,30-,31?/m1/s1. The minimum atomic E-state index is -1.21. The highest BCUT2D eigenvalue weighted by Crippen LogP contribution is 2.65. The summed E-state index contributed by atoms with van der Waals surface area (Å²) in [5.74, 6) is -2.96. The molecule has 8 heteroatoms. The van der Waals surface area contributed by atoms with Gasteiger partial charge in [0, 0.05) is 12.2 Å². The Kier molecular flexibility index (Phi) is 8.11. The second kappa shape index (κ2) is 10.9. The van der Waals surface area contributed by atoms with Crippen molar-refractivity contribution in [3.05, 3.63) is 54.6 Å². The number of aliphatic hydroxyl groups is 1. The molecule has 1 N–H and O–H groups in total. The van der Waals surface area contributed by atoms with Gasteiger partial charge in [-0.25, -0.2) is 0 Å². The summed E-state index contributed by atoms with van der Waals surface area (Å²) in [4.78, 5) is 45.5. The number of fused-ring (bicyclic) bond motifs is 1. The van der Waals surface area contributed by atoms with Crippen molar-refractivity contribution in [2.75, 3.05) is 24.7 Å². The molecule has 3 saturated heterocycles. The van der Waals surface area contributed by atoms with Crippen molar-refractivity contribution in [3.8, 4) is 0 Å². The maximum absolute atomic E-state index is 14.6. The molecule has 8 nitrogen and oxygen atoms in total. The van der Waals surface area contributed by atoms with Gasteiger partial charge in [-0.3, -0.25) is 14.4 Å². The minimum Gasteiger partial charge on any atom is -0.465 e. The number of amides is 2. The number of rotatable bonds is 11. The van der Waals surface area contributed by atoms with Gasteiger partial charge in [0.15, 0.2) is 0 Å². The number of carbonyl (C=O) groups is 3. The number of hydrogen-bond acceptors (Lipinski definition) is 6. The van der Waals surface area contributed by atoms with E-state index >= 15 is 0 Å². The van der Waals surface area contributed by atoms with E-state index in [9.17, 15) is 19.5 Å². The molecule has 2 bridgehead atoms. The van der Waals surface area contributed by atoms with Crippen molar-refractivity contribution in [2.24, 2.45) is 17.8 Å². The zero-order chi connectivity index (χ0) is 28.7. The topological polar surface area (TPSA) is 96.4 Å². The molecule has 1 aromatic rings. The molecule has 3 aliphatic heterocycles. The fourth-order valence-corrected chi connectivity index (χ4v) is 6.96. The van der Waals surface area contributed by atoms with Gasteiger partial charge in [-0.05, 0) is 70.1 Å². The monoisotopic (exact) mass is 538 g/mol. The average molecular weight is 539 g/mol. The quantitative estimate of drug-likeness (QED) is 0.262. The Bertz CT molecular complexity index is 1170. The highest BCUT2D eigenvalue weighted by atomic mass is 16.6. The summed E-state index contributed by atoms with van der Waals surface area (Å²) in [6, 6.07) is 4.23. The van der Waals surface area contributed by atoms with Gasteiger partial charge in [0.2, 0.25) is 5.91 Å². The minimum absolute atomic E-state index is 0.0967. The van der Waals surface area contributed by atoms with Crippen molar-refractivity contribution in [2.45, 2.75) is 77.2 Å². The normalized spacial score (nSPS) is 31.6. The Hall–Kier alpha value is -2.97. The van der Waals surface area contributed by atoms with Crippen LogP contribution < -0.4 is 4.90 Å². The molecule has 2 amide bonds. The number of anilines is 1. The number of esters is 1. The maximum atomic E-state index is 14.6. The first kappa shape index (κ1) is 29.0. The third-order valence-corrected chi connectivity index (χ3v) is 9.01.